The van der Waals surface area contributed by atoms with Crippen LogP contribution in [0.5, 0.6) is 0 Å². The second-order valence-electron chi connectivity index (χ2n) is 9.07. The highest BCUT2D eigenvalue weighted by Crippen LogP contribution is 2.39. The lowest BCUT2D eigenvalue weighted by Gasteiger charge is -2.35. The van der Waals surface area contributed by atoms with Gasteiger partial charge in [-0.15, -0.1) is 0 Å². The molecule has 9 nitrogen and oxygen atoms in total. The van der Waals surface area contributed by atoms with Crippen molar-refractivity contribution in [1.82, 2.24) is 19.9 Å². The van der Waals surface area contributed by atoms with Crippen LogP contribution in [-0.4, -0.2) is 66.7 Å². The molecular weight excluding hydrogens is 537 g/mol. The number of nitrogens with zero attached hydrogens (tertiary/aromatic N) is 5. The van der Waals surface area contributed by atoms with Crippen LogP contribution < -0.4 is 14.9 Å². The predicted octanol–water partition coefficient (Wildman–Crippen LogP) is 5.05. The van der Waals surface area contributed by atoms with E-state index in [2.05, 4.69) is 53.8 Å². The highest BCUT2D eigenvalue weighted by molar-refractivity contribution is 7.92. The zero-order chi connectivity index (χ0) is 27.4. The standard InChI is InChI=1S/C27H30FN7O2S2/c1-3-34-15-17-35(18-16-34)22-11-9-21(10-12-22)30-26-29-14-13-23(31-26)25-24(19-5-7-20(28)8-6-19)32-27(38-25)33-39(36,37)4-2/h5-14H,3-4,15-18H2,1-2H3,(H,32,33)(H,29,30,31). The first-order chi connectivity index (χ1) is 18.8. The number of nitrogens with one attached hydrogen (secondary N) is 2. The fourth-order valence-corrected chi connectivity index (χ4v) is 6.11. The van der Waals surface area contributed by atoms with Crippen molar-refractivity contribution in [3.05, 3.63) is 66.6 Å². The Hall–Kier alpha value is -3.61. The number of piperazine rings is 1. The van der Waals surface area contributed by atoms with Crippen molar-refractivity contribution in [3.63, 3.8) is 0 Å². The summed E-state index contributed by atoms with van der Waals surface area (Å²) in [6.45, 7) is 8.98. The number of likely N-dealkylation sites (N-methyl/N-ethyl adjacent to an activating group) is 1. The van der Waals surface area contributed by atoms with E-state index in [1.54, 1.807) is 31.3 Å². The highest BCUT2D eigenvalue weighted by Gasteiger charge is 2.20. The molecule has 0 atom stereocenters. The minimum absolute atomic E-state index is 0.0803. The Kier molecular flexibility index (Phi) is 8.05. The molecule has 2 aromatic carbocycles. The third-order valence-electron chi connectivity index (χ3n) is 6.56. The number of thiazole rings is 1. The summed E-state index contributed by atoms with van der Waals surface area (Å²) in [5, 5.41) is 3.47. The lowest BCUT2D eigenvalue weighted by atomic mass is 10.1. The summed E-state index contributed by atoms with van der Waals surface area (Å²) >= 11 is 1.17. The quantitative estimate of drug-likeness (QED) is 0.290. The van der Waals surface area contributed by atoms with Crippen LogP contribution in [0.3, 0.4) is 0 Å². The Balaban J connectivity index is 1.39. The van der Waals surface area contributed by atoms with E-state index >= 15 is 0 Å². The lowest BCUT2D eigenvalue weighted by molar-refractivity contribution is 0.271. The lowest BCUT2D eigenvalue weighted by Crippen LogP contribution is -2.46. The van der Waals surface area contributed by atoms with Gasteiger partial charge in [0.2, 0.25) is 16.0 Å². The van der Waals surface area contributed by atoms with E-state index in [9.17, 15) is 12.8 Å². The number of rotatable bonds is 9. The molecule has 12 heteroatoms. The zero-order valence-electron chi connectivity index (χ0n) is 21.8. The molecule has 0 bridgehead atoms. The second-order valence-corrected chi connectivity index (χ2v) is 12.1. The molecule has 0 unspecified atom stereocenters. The van der Waals surface area contributed by atoms with Gasteiger partial charge in [0.1, 0.15) is 5.82 Å². The highest BCUT2D eigenvalue weighted by atomic mass is 32.2. The second kappa shape index (κ2) is 11.6. The van der Waals surface area contributed by atoms with Crippen LogP contribution in [0.1, 0.15) is 13.8 Å². The van der Waals surface area contributed by atoms with Gasteiger partial charge in [-0.1, -0.05) is 18.3 Å². The fourth-order valence-electron chi connectivity index (χ4n) is 4.30. The van der Waals surface area contributed by atoms with Gasteiger partial charge in [0.05, 0.1) is 22.0 Å². The van der Waals surface area contributed by atoms with E-state index in [0.717, 1.165) is 38.4 Å². The molecular formula is C27H30FN7O2S2. The molecule has 2 N–H and O–H groups in total. The molecule has 1 aliphatic rings. The van der Waals surface area contributed by atoms with Crippen LogP contribution >= 0.6 is 11.3 Å². The molecule has 1 saturated heterocycles. The average Bonchev–Trinajstić information content (AvgIpc) is 3.37. The van der Waals surface area contributed by atoms with Gasteiger partial charge in [-0.05, 0) is 68.1 Å². The number of halogens is 1. The first kappa shape index (κ1) is 27.0. The normalized spacial score (nSPS) is 14.4. The van der Waals surface area contributed by atoms with Gasteiger partial charge in [-0.3, -0.25) is 4.72 Å². The molecule has 1 fully saturated rings. The van der Waals surface area contributed by atoms with Crippen molar-refractivity contribution in [2.45, 2.75) is 13.8 Å². The van der Waals surface area contributed by atoms with Crippen LogP contribution in [0.2, 0.25) is 0 Å². The van der Waals surface area contributed by atoms with Gasteiger partial charge in [-0.25, -0.2) is 27.8 Å². The van der Waals surface area contributed by atoms with Gasteiger partial charge in [0.25, 0.3) is 0 Å². The van der Waals surface area contributed by atoms with Gasteiger partial charge in [-0.2, -0.15) is 0 Å². The summed E-state index contributed by atoms with van der Waals surface area (Å²) in [5.74, 6) is -0.0560. The Morgan fingerprint density at radius 1 is 0.949 bits per heavy atom. The molecule has 0 radical (unpaired) electrons. The summed E-state index contributed by atoms with van der Waals surface area (Å²) < 4.78 is 40.5. The molecule has 2 aromatic heterocycles. The average molecular weight is 568 g/mol. The van der Waals surface area contributed by atoms with Crippen LogP contribution in [-0.2, 0) is 10.0 Å². The Morgan fingerprint density at radius 3 is 2.33 bits per heavy atom. The summed E-state index contributed by atoms with van der Waals surface area (Å²) in [6.07, 6.45) is 1.64. The molecule has 4 aromatic rings. The van der Waals surface area contributed by atoms with Gasteiger partial charge < -0.3 is 15.1 Å². The van der Waals surface area contributed by atoms with Crippen LogP contribution in [0.25, 0.3) is 21.8 Å². The van der Waals surface area contributed by atoms with Gasteiger partial charge in [0, 0.05) is 49.3 Å². The SMILES string of the molecule is CCN1CCN(c2ccc(Nc3nccc(-c4sc(NS(=O)(=O)CC)nc4-c4ccc(F)cc4)n3)cc2)CC1. The largest absolute Gasteiger partial charge is 0.369 e. The van der Waals surface area contributed by atoms with Crippen molar-refractivity contribution in [2.24, 2.45) is 0 Å². The third-order valence-corrected chi connectivity index (χ3v) is 8.95. The van der Waals surface area contributed by atoms with Crippen molar-refractivity contribution in [2.75, 3.05) is 53.4 Å². The molecule has 0 amide bonds. The van der Waals surface area contributed by atoms with Crippen LogP contribution in [0, 0.1) is 5.82 Å². The maximum absolute atomic E-state index is 13.6. The first-order valence-electron chi connectivity index (χ1n) is 12.8. The van der Waals surface area contributed by atoms with E-state index in [4.69, 9.17) is 0 Å². The van der Waals surface area contributed by atoms with Crippen molar-refractivity contribution in [1.29, 1.82) is 0 Å². The number of hydrogen-bond donors (Lipinski definition) is 2. The van der Waals surface area contributed by atoms with Crippen molar-refractivity contribution < 1.29 is 12.8 Å². The van der Waals surface area contributed by atoms with E-state index in [1.807, 2.05) is 12.1 Å². The summed E-state index contributed by atoms with van der Waals surface area (Å²) in [6, 6.07) is 15.8. The van der Waals surface area contributed by atoms with E-state index < -0.39 is 10.0 Å². The van der Waals surface area contributed by atoms with Crippen molar-refractivity contribution in [3.8, 4) is 21.8 Å². The number of anilines is 4. The fraction of sp³-hybridized carbons (Fsp3) is 0.296. The summed E-state index contributed by atoms with van der Waals surface area (Å²) in [5.41, 5.74) is 3.75. The van der Waals surface area contributed by atoms with E-state index in [-0.39, 0.29) is 16.7 Å². The Bertz CT molecular complexity index is 1520. The molecule has 1 aliphatic heterocycles. The Labute approximate surface area is 231 Å². The number of aromatic nitrogens is 3. The smallest absolute Gasteiger partial charge is 0.234 e. The molecule has 0 spiro atoms. The molecule has 0 aliphatic carbocycles. The van der Waals surface area contributed by atoms with Gasteiger partial charge >= 0.3 is 0 Å². The topological polar surface area (TPSA) is 103 Å². The minimum Gasteiger partial charge on any atom is -0.369 e. The third kappa shape index (κ3) is 6.52. The predicted molar refractivity (Wildman–Crippen MR) is 156 cm³/mol. The molecule has 39 heavy (non-hydrogen) atoms. The molecule has 204 valence electrons. The van der Waals surface area contributed by atoms with Crippen LogP contribution in [0.4, 0.5) is 26.8 Å². The summed E-state index contributed by atoms with van der Waals surface area (Å²) in [7, 11) is -3.52. The number of sulfonamides is 1. The summed E-state index contributed by atoms with van der Waals surface area (Å²) in [4.78, 5) is 19.0. The number of hydrogen-bond acceptors (Lipinski definition) is 9. The molecule has 3 heterocycles. The Morgan fingerprint density at radius 2 is 1.67 bits per heavy atom. The van der Waals surface area contributed by atoms with Crippen LogP contribution in [0.15, 0.2) is 60.8 Å². The molecule has 0 saturated carbocycles. The zero-order valence-corrected chi connectivity index (χ0v) is 23.4. The maximum Gasteiger partial charge on any atom is 0.234 e. The van der Waals surface area contributed by atoms with Gasteiger partial charge in [0.15, 0.2) is 5.13 Å². The number of benzene rings is 2. The molecule has 5 rings (SSSR count). The maximum atomic E-state index is 13.6. The minimum atomic E-state index is -3.52. The van der Waals surface area contributed by atoms with E-state index in [0.29, 0.717) is 27.8 Å². The monoisotopic (exact) mass is 567 g/mol. The first-order valence-corrected chi connectivity index (χ1v) is 15.3. The van der Waals surface area contributed by atoms with E-state index in [1.165, 1.54) is 29.2 Å². The van der Waals surface area contributed by atoms with Crippen molar-refractivity contribution >= 4 is 43.8 Å².